The van der Waals surface area contributed by atoms with Crippen LogP contribution in [-0.2, 0) is 11.2 Å². The van der Waals surface area contributed by atoms with Crippen LogP contribution in [0.4, 0.5) is 0 Å². The maximum atomic E-state index is 12.6. The maximum Gasteiger partial charge on any atom is 0.160 e. The van der Waals surface area contributed by atoms with Crippen LogP contribution < -0.4 is 5.32 Å². The number of nitrogens with one attached hydrogen (secondary N) is 1. The summed E-state index contributed by atoms with van der Waals surface area (Å²) in [5, 5.41) is 12.5. The summed E-state index contributed by atoms with van der Waals surface area (Å²) in [6.07, 6.45) is 8.33. The van der Waals surface area contributed by atoms with E-state index >= 15 is 0 Å². The molecule has 0 spiro atoms. The molecule has 1 aromatic carbocycles. The Morgan fingerprint density at radius 2 is 2.09 bits per heavy atom. The van der Waals surface area contributed by atoms with Crippen molar-refractivity contribution in [1.82, 2.24) is 5.32 Å². The van der Waals surface area contributed by atoms with Crippen molar-refractivity contribution in [3.8, 4) is 6.07 Å². The number of carbonyl (C=O) groups is 1. The number of benzene rings is 1. The summed E-state index contributed by atoms with van der Waals surface area (Å²) in [6, 6.07) is 8.27. The van der Waals surface area contributed by atoms with Crippen LogP contribution in [0.15, 0.2) is 24.3 Å². The molecule has 2 aliphatic rings. The number of rotatable bonds is 2. The van der Waals surface area contributed by atoms with Crippen molar-refractivity contribution in [2.75, 3.05) is 0 Å². The van der Waals surface area contributed by atoms with Crippen LogP contribution in [0.25, 0.3) is 5.70 Å². The van der Waals surface area contributed by atoms with E-state index in [-0.39, 0.29) is 11.7 Å². The molecule has 1 aromatic rings. The van der Waals surface area contributed by atoms with Gasteiger partial charge in [-0.15, -0.1) is 0 Å². The lowest BCUT2D eigenvalue weighted by Crippen LogP contribution is -2.32. The molecule has 3 nitrogen and oxygen atoms in total. The first kappa shape index (κ1) is 14.8. The van der Waals surface area contributed by atoms with Gasteiger partial charge in [-0.3, -0.25) is 4.79 Å². The van der Waals surface area contributed by atoms with Crippen molar-refractivity contribution >= 4 is 11.5 Å². The fraction of sp³-hybridized carbons (Fsp3) is 0.474. The van der Waals surface area contributed by atoms with E-state index in [0.717, 1.165) is 30.5 Å². The second kappa shape index (κ2) is 6.36. The highest BCUT2D eigenvalue weighted by Gasteiger charge is 2.23. The van der Waals surface area contributed by atoms with Gasteiger partial charge in [-0.1, -0.05) is 25.3 Å². The Labute approximate surface area is 132 Å². The van der Waals surface area contributed by atoms with Crippen LogP contribution in [-0.4, -0.2) is 11.8 Å². The third-order valence-electron chi connectivity index (χ3n) is 4.75. The minimum Gasteiger partial charge on any atom is -0.382 e. The van der Waals surface area contributed by atoms with E-state index < -0.39 is 0 Å². The Bertz CT molecular complexity index is 648. The number of nitriles is 1. The first-order chi connectivity index (χ1) is 10.7. The number of fused-ring (bicyclic) bond motifs is 1. The van der Waals surface area contributed by atoms with E-state index in [1.54, 1.807) is 6.08 Å². The number of hydrogen-bond acceptors (Lipinski definition) is 3. The van der Waals surface area contributed by atoms with E-state index in [4.69, 9.17) is 5.26 Å². The Hall–Kier alpha value is -2.08. The third kappa shape index (κ3) is 3.06. The second-order valence-corrected chi connectivity index (χ2v) is 6.53. The molecule has 1 unspecified atom stereocenters. The zero-order valence-electron chi connectivity index (χ0n) is 13.1. The summed E-state index contributed by atoms with van der Waals surface area (Å²) in [6.45, 7) is 2.13. The normalized spacial score (nSPS) is 23.5. The van der Waals surface area contributed by atoms with Gasteiger partial charge >= 0.3 is 0 Å². The van der Waals surface area contributed by atoms with E-state index in [1.165, 1.54) is 24.8 Å². The Balaban J connectivity index is 1.91. The zero-order valence-corrected chi connectivity index (χ0v) is 13.1. The Morgan fingerprint density at radius 3 is 2.82 bits per heavy atom. The fourth-order valence-corrected chi connectivity index (χ4v) is 3.57. The molecule has 1 atom stereocenters. The van der Waals surface area contributed by atoms with Crippen LogP contribution in [0, 0.1) is 17.2 Å². The number of hydrogen-bond donors (Lipinski definition) is 1. The molecular weight excluding hydrogens is 272 g/mol. The molecule has 1 aliphatic heterocycles. The van der Waals surface area contributed by atoms with Crippen LogP contribution in [0.3, 0.4) is 0 Å². The largest absolute Gasteiger partial charge is 0.382 e. The first-order valence-electron chi connectivity index (χ1n) is 8.23. The molecule has 0 radical (unpaired) electrons. The standard InChI is InChI=1S/C19H22N2O/c1-13-9-16-8-7-14(12-20)10-17(16)18(21-13)11-19(22)15-5-3-2-4-6-15/h7-8,10-11,13,15,21H,2-6,9H2,1H3/b18-11-. The van der Waals surface area contributed by atoms with Gasteiger partial charge in [0, 0.05) is 29.3 Å². The van der Waals surface area contributed by atoms with Crippen molar-refractivity contribution in [3.05, 3.63) is 41.0 Å². The molecule has 3 rings (SSSR count). The van der Waals surface area contributed by atoms with Gasteiger partial charge in [-0.2, -0.15) is 5.26 Å². The lowest BCUT2D eigenvalue weighted by molar-refractivity contribution is -0.119. The lowest BCUT2D eigenvalue weighted by Gasteiger charge is -2.27. The van der Waals surface area contributed by atoms with Gasteiger partial charge in [0.2, 0.25) is 0 Å². The highest BCUT2D eigenvalue weighted by atomic mass is 16.1. The van der Waals surface area contributed by atoms with Crippen molar-refractivity contribution in [1.29, 1.82) is 5.26 Å². The average Bonchev–Trinajstić information content (AvgIpc) is 2.55. The molecule has 1 aliphatic carbocycles. The van der Waals surface area contributed by atoms with Crippen LogP contribution >= 0.6 is 0 Å². The molecule has 1 N–H and O–H groups in total. The van der Waals surface area contributed by atoms with E-state index in [0.29, 0.717) is 11.6 Å². The molecule has 0 saturated heterocycles. The van der Waals surface area contributed by atoms with Crippen LogP contribution in [0.2, 0.25) is 0 Å². The molecule has 1 saturated carbocycles. The monoisotopic (exact) mass is 294 g/mol. The van der Waals surface area contributed by atoms with Gasteiger partial charge in [-0.25, -0.2) is 0 Å². The summed E-state index contributed by atoms with van der Waals surface area (Å²) in [5.41, 5.74) is 3.77. The second-order valence-electron chi connectivity index (χ2n) is 6.53. The van der Waals surface area contributed by atoms with E-state index in [1.807, 2.05) is 18.2 Å². The van der Waals surface area contributed by atoms with Gasteiger partial charge in [0.15, 0.2) is 5.78 Å². The highest BCUT2D eigenvalue weighted by Crippen LogP contribution is 2.29. The third-order valence-corrected chi connectivity index (χ3v) is 4.75. The van der Waals surface area contributed by atoms with E-state index in [2.05, 4.69) is 18.3 Å². The number of nitrogens with zero attached hydrogens (tertiary/aromatic N) is 1. The van der Waals surface area contributed by atoms with Crippen molar-refractivity contribution in [2.45, 2.75) is 51.5 Å². The number of carbonyl (C=O) groups excluding carboxylic acids is 1. The number of ketones is 1. The fourth-order valence-electron chi connectivity index (χ4n) is 3.57. The maximum absolute atomic E-state index is 12.6. The SMILES string of the molecule is CC1Cc2ccc(C#N)cc2/C(=C/C(=O)C2CCCCC2)N1. The Kier molecular flexibility index (Phi) is 4.29. The van der Waals surface area contributed by atoms with Gasteiger partial charge in [-0.05, 0) is 43.9 Å². The van der Waals surface area contributed by atoms with Crippen molar-refractivity contribution in [2.24, 2.45) is 5.92 Å². The zero-order chi connectivity index (χ0) is 15.5. The Morgan fingerprint density at radius 1 is 1.32 bits per heavy atom. The molecule has 3 heteroatoms. The summed E-state index contributed by atoms with van der Waals surface area (Å²) >= 11 is 0. The van der Waals surface area contributed by atoms with E-state index in [9.17, 15) is 4.79 Å². The first-order valence-corrected chi connectivity index (χ1v) is 8.23. The van der Waals surface area contributed by atoms with Gasteiger partial charge in [0.1, 0.15) is 0 Å². The minimum atomic E-state index is 0.183. The topological polar surface area (TPSA) is 52.9 Å². The smallest absolute Gasteiger partial charge is 0.160 e. The van der Waals surface area contributed by atoms with Crippen molar-refractivity contribution in [3.63, 3.8) is 0 Å². The van der Waals surface area contributed by atoms with Gasteiger partial charge in [0.05, 0.1) is 11.6 Å². The minimum absolute atomic E-state index is 0.183. The summed E-state index contributed by atoms with van der Waals surface area (Å²) in [4.78, 5) is 12.6. The molecule has 0 aromatic heterocycles. The molecular formula is C19H22N2O. The van der Waals surface area contributed by atoms with Crippen molar-refractivity contribution < 1.29 is 4.79 Å². The lowest BCUT2D eigenvalue weighted by atomic mass is 9.85. The molecule has 0 bridgehead atoms. The van der Waals surface area contributed by atoms with Crippen LogP contribution in [0.5, 0.6) is 0 Å². The molecule has 0 amide bonds. The summed E-state index contributed by atoms with van der Waals surface area (Å²) in [7, 11) is 0. The number of allylic oxidation sites excluding steroid dienone is 1. The molecule has 1 fully saturated rings. The summed E-state index contributed by atoms with van der Waals surface area (Å²) < 4.78 is 0. The molecule has 1 heterocycles. The molecule has 114 valence electrons. The predicted octanol–water partition coefficient (Wildman–Crippen LogP) is 3.58. The molecule has 22 heavy (non-hydrogen) atoms. The van der Waals surface area contributed by atoms with Gasteiger partial charge < -0.3 is 5.32 Å². The quantitative estimate of drug-likeness (QED) is 0.848. The van der Waals surface area contributed by atoms with Crippen LogP contribution in [0.1, 0.15) is 55.7 Å². The highest BCUT2D eigenvalue weighted by molar-refractivity contribution is 5.98. The van der Waals surface area contributed by atoms with Gasteiger partial charge in [0.25, 0.3) is 0 Å². The summed E-state index contributed by atoms with van der Waals surface area (Å²) in [5.74, 6) is 0.424. The average molecular weight is 294 g/mol. The predicted molar refractivity (Wildman–Crippen MR) is 87.0 cm³/mol.